The molecule has 8 nitrogen and oxygen atoms in total. The van der Waals surface area contributed by atoms with Crippen molar-refractivity contribution in [3.05, 3.63) is 111 Å². The monoisotopic (exact) mass is 629 g/mol. The lowest BCUT2D eigenvalue weighted by Gasteiger charge is -2.40. The highest BCUT2D eigenvalue weighted by Gasteiger charge is 2.38. The summed E-state index contributed by atoms with van der Waals surface area (Å²) in [5.41, 5.74) is -0.580. The minimum atomic E-state index is -4.89. The van der Waals surface area contributed by atoms with E-state index < -0.39 is 46.8 Å². The van der Waals surface area contributed by atoms with Crippen molar-refractivity contribution in [2.75, 3.05) is 30.4 Å². The predicted molar refractivity (Wildman–Crippen MR) is 150 cm³/mol. The third-order valence-corrected chi connectivity index (χ3v) is 7.84. The summed E-state index contributed by atoms with van der Waals surface area (Å²) in [6.07, 6.45) is -3.34. The number of hydrogen-bond acceptors (Lipinski definition) is 6. The summed E-state index contributed by atoms with van der Waals surface area (Å²) in [6.45, 7) is 0.956. The summed E-state index contributed by atoms with van der Waals surface area (Å²) in [5.74, 6) is -2.95. The third-order valence-electron chi connectivity index (χ3n) is 7.49. The Kier molecular flexibility index (Phi) is 7.36. The molecule has 1 saturated heterocycles. The van der Waals surface area contributed by atoms with Gasteiger partial charge in [0.2, 0.25) is 0 Å². The zero-order valence-corrected chi connectivity index (χ0v) is 23.4. The molecule has 0 spiro atoms. The number of carbonyl (C=O) groups is 2. The van der Waals surface area contributed by atoms with Gasteiger partial charge in [0, 0.05) is 58.2 Å². The Bertz CT molecular complexity index is 1810. The van der Waals surface area contributed by atoms with Gasteiger partial charge in [-0.2, -0.15) is 18.2 Å². The van der Waals surface area contributed by atoms with Crippen LogP contribution in [0.2, 0.25) is 5.02 Å². The van der Waals surface area contributed by atoms with Gasteiger partial charge in [0.1, 0.15) is 17.5 Å². The molecule has 1 atom stereocenters. The molecule has 0 saturated carbocycles. The van der Waals surface area contributed by atoms with Gasteiger partial charge in [-0.3, -0.25) is 9.59 Å². The van der Waals surface area contributed by atoms with Crippen LogP contribution >= 0.6 is 11.6 Å². The zero-order chi connectivity index (χ0) is 31.3. The summed E-state index contributed by atoms with van der Waals surface area (Å²) < 4.78 is 73.5. The van der Waals surface area contributed by atoms with Crippen molar-refractivity contribution in [2.24, 2.45) is 0 Å². The standard InChI is InChI=1S/C30H21ClF5N5O3/c1-44-29-37-5-4-24(39-29)41-12-16(13-41)14-8-21-25(26(40-28(21)43)20-11-18(32)2-3-22(20)31)23(9-14)38-27(42)15-6-17(30(34,35)36)10-19(33)7-15/h2-11,16,26H,12-13H2,1H3,(H,38,42)(H,40,43). The van der Waals surface area contributed by atoms with Gasteiger partial charge in [0.25, 0.3) is 11.8 Å². The maximum atomic E-state index is 14.2. The first kappa shape index (κ1) is 29.3. The maximum absolute atomic E-state index is 14.2. The number of hydrogen-bond donors (Lipinski definition) is 2. The van der Waals surface area contributed by atoms with E-state index in [2.05, 4.69) is 20.6 Å². The number of ether oxygens (including phenoxy) is 1. The fourth-order valence-corrected chi connectivity index (χ4v) is 5.55. The fraction of sp³-hybridized carbons (Fsp3) is 0.200. The molecular weight excluding hydrogens is 609 g/mol. The van der Waals surface area contributed by atoms with Gasteiger partial charge in [0.15, 0.2) is 0 Å². The van der Waals surface area contributed by atoms with Crippen LogP contribution < -0.4 is 20.3 Å². The Morgan fingerprint density at radius 3 is 2.57 bits per heavy atom. The van der Waals surface area contributed by atoms with Gasteiger partial charge in [-0.15, -0.1) is 0 Å². The van der Waals surface area contributed by atoms with Crippen molar-refractivity contribution in [2.45, 2.75) is 18.1 Å². The largest absolute Gasteiger partial charge is 0.467 e. The van der Waals surface area contributed by atoms with Crippen LogP contribution in [-0.4, -0.2) is 42.0 Å². The van der Waals surface area contributed by atoms with Crippen molar-refractivity contribution < 1.29 is 36.3 Å². The second-order valence-corrected chi connectivity index (χ2v) is 10.7. The van der Waals surface area contributed by atoms with Gasteiger partial charge in [-0.1, -0.05) is 11.6 Å². The SMILES string of the molecule is COc1nccc(N2CC(c3cc(NC(=O)c4cc(F)cc(C(F)(F)F)c4)c4c(c3)C(=O)NC4c3cc(F)ccc3Cl)C2)n1. The van der Waals surface area contributed by atoms with Crippen molar-refractivity contribution >= 4 is 34.9 Å². The van der Waals surface area contributed by atoms with Crippen LogP contribution in [-0.2, 0) is 6.18 Å². The van der Waals surface area contributed by atoms with Gasteiger partial charge >= 0.3 is 12.2 Å². The van der Waals surface area contributed by atoms with E-state index in [0.29, 0.717) is 36.6 Å². The molecule has 226 valence electrons. The number of halogens is 6. The molecule has 2 aliphatic rings. The number of benzene rings is 3. The minimum Gasteiger partial charge on any atom is -0.467 e. The van der Waals surface area contributed by atoms with Crippen LogP contribution in [0.3, 0.4) is 0 Å². The lowest BCUT2D eigenvalue weighted by atomic mass is 9.87. The van der Waals surface area contributed by atoms with Crippen molar-refractivity contribution in [3.63, 3.8) is 0 Å². The predicted octanol–water partition coefficient (Wildman–Crippen LogP) is 6.12. The third kappa shape index (κ3) is 5.50. The number of carbonyl (C=O) groups excluding carboxylic acids is 2. The molecule has 2 aliphatic heterocycles. The molecule has 2 amide bonds. The zero-order valence-electron chi connectivity index (χ0n) is 22.7. The first-order valence-electron chi connectivity index (χ1n) is 13.2. The normalized spacial score (nSPS) is 16.3. The van der Waals surface area contributed by atoms with Crippen molar-refractivity contribution in [3.8, 4) is 6.01 Å². The lowest BCUT2D eigenvalue weighted by Crippen LogP contribution is -2.45. The van der Waals surface area contributed by atoms with Gasteiger partial charge < -0.3 is 20.3 Å². The Morgan fingerprint density at radius 1 is 1.07 bits per heavy atom. The van der Waals surface area contributed by atoms with Crippen LogP contribution in [0.5, 0.6) is 6.01 Å². The number of nitrogens with zero attached hydrogens (tertiary/aromatic N) is 3. The molecule has 3 heterocycles. The molecule has 14 heteroatoms. The highest BCUT2D eigenvalue weighted by molar-refractivity contribution is 6.31. The van der Waals surface area contributed by atoms with Crippen LogP contribution in [0.1, 0.15) is 54.9 Å². The summed E-state index contributed by atoms with van der Waals surface area (Å²) >= 11 is 6.35. The molecular formula is C30H21ClF5N5O3. The van der Waals surface area contributed by atoms with Gasteiger partial charge in [0.05, 0.1) is 18.7 Å². The second-order valence-electron chi connectivity index (χ2n) is 10.3. The van der Waals surface area contributed by atoms with E-state index in [-0.39, 0.29) is 45.4 Å². The van der Waals surface area contributed by atoms with E-state index >= 15 is 0 Å². The second kappa shape index (κ2) is 11.1. The first-order chi connectivity index (χ1) is 20.9. The number of methoxy groups -OCH3 is 1. The number of amides is 2. The van der Waals surface area contributed by atoms with E-state index in [1.165, 1.54) is 13.2 Å². The summed E-state index contributed by atoms with van der Waals surface area (Å²) in [5, 5.41) is 5.46. The number of fused-ring (bicyclic) bond motifs is 1. The van der Waals surface area contributed by atoms with Gasteiger partial charge in [-0.05, 0) is 60.2 Å². The Balaban J connectivity index is 1.39. The molecule has 6 rings (SSSR count). The van der Waals surface area contributed by atoms with E-state index in [9.17, 15) is 31.5 Å². The van der Waals surface area contributed by atoms with E-state index in [0.717, 1.165) is 12.1 Å². The number of anilines is 2. The molecule has 4 aromatic rings. The van der Waals surface area contributed by atoms with Crippen LogP contribution in [0.15, 0.2) is 60.8 Å². The summed E-state index contributed by atoms with van der Waals surface area (Å²) in [7, 11) is 1.45. The quantitative estimate of drug-likeness (QED) is 0.249. The average molecular weight is 630 g/mol. The molecule has 1 fully saturated rings. The number of aromatic nitrogens is 2. The van der Waals surface area contributed by atoms with Crippen LogP contribution in [0, 0.1) is 11.6 Å². The highest BCUT2D eigenvalue weighted by Crippen LogP contribution is 2.43. The minimum absolute atomic E-state index is 0.0751. The maximum Gasteiger partial charge on any atom is 0.416 e. The van der Waals surface area contributed by atoms with Crippen molar-refractivity contribution in [1.82, 2.24) is 15.3 Å². The van der Waals surface area contributed by atoms with Crippen molar-refractivity contribution in [1.29, 1.82) is 0 Å². The molecule has 2 N–H and O–H groups in total. The van der Waals surface area contributed by atoms with E-state index in [1.54, 1.807) is 24.4 Å². The molecule has 1 aromatic heterocycles. The fourth-order valence-electron chi connectivity index (χ4n) is 5.33. The van der Waals surface area contributed by atoms with Gasteiger partial charge in [-0.25, -0.2) is 13.8 Å². The highest BCUT2D eigenvalue weighted by atomic mass is 35.5. The van der Waals surface area contributed by atoms with E-state index in [1.807, 2.05) is 4.90 Å². The topological polar surface area (TPSA) is 96.5 Å². The molecule has 0 aliphatic carbocycles. The molecule has 44 heavy (non-hydrogen) atoms. The average Bonchev–Trinajstić information content (AvgIpc) is 3.29. The molecule has 1 unspecified atom stereocenters. The molecule has 0 radical (unpaired) electrons. The Hall–Kier alpha value is -4.78. The van der Waals surface area contributed by atoms with Crippen LogP contribution in [0.4, 0.5) is 33.5 Å². The van der Waals surface area contributed by atoms with E-state index in [4.69, 9.17) is 16.3 Å². The lowest BCUT2D eigenvalue weighted by molar-refractivity contribution is -0.137. The molecule has 3 aromatic carbocycles. The Morgan fingerprint density at radius 2 is 1.84 bits per heavy atom. The molecule has 0 bridgehead atoms. The summed E-state index contributed by atoms with van der Waals surface area (Å²) in [4.78, 5) is 36.7. The number of nitrogens with one attached hydrogen (secondary N) is 2. The Labute approximate surface area is 251 Å². The number of alkyl halides is 3. The smallest absolute Gasteiger partial charge is 0.416 e. The summed E-state index contributed by atoms with van der Waals surface area (Å²) in [6, 6.07) is 9.27. The van der Waals surface area contributed by atoms with Crippen LogP contribution in [0.25, 0.3) is 0 Å². The number of rotatable bonds is 6. The first-order valence-corrected chi connectivity index (χ1v) is 13.5.